The molecule has 0 saturated heterocycles. The summed E-state index contributed by atoms with van der Waals surface area (Å²) in [7, 11) is 2.99. The first-order valence-corrected chi connectivity index (χ1v) is 7.44. The van der Waals surface area contributed by atoms with Crippen LogP contribution in [0.1, 0.15) is 18.4 Å². The molecule has 23 heavy (non-hydrogen) atoms. The van der Waals surface area contributed by atoms with Gasteiger partial charge in [-0.2, -0.15) is 5.10 Å². The maximum atomic E-state index is 11.1. The van der Waals surface area contributed by atoms with E-state index in [0.717, 1.165) is 10.9 Å². The first-order valence-electron chi connectivity index (χ1n) is 7.06. The molecule has 0 unspecified atom stereocenters. The SMILES string of the molecule is COCCn1cc2c(C#CCCC(=O)OC)c(N)c(Cl)cc2n1. The molecule has 7 heteroatoms. The average molecular weight is 336 g/mol. The van der Waals surface area contributed by atoms with Crippen LogP contribution in [0.15, 0.2) is 12.3 Å². The fourth-order valence-corrected chi connectivity index (χ4v) is 2.25. The Morgan fingerprint density at radius 3 is 2.96 bits per heavy atom. The molecule has 0 atom stereocenters. The van der Waals surface area contributed by atoms with Crippen molar-refractivity contribution in [1.29, 1.82) is 0 Å². The third-order valence-corrected chi connectivity index (χ3v) is 3.58. The van der Waals surface area contributed by atoms with Crippen LogP contribution in [0.2, 0.25) is 5.02 Å². The van der Waals surface area contributed by atoms with Crippen LogP contribution in [0.5, 0.6) is 0 Å². The summed E-state index contributed by atoms with van der Waals surface area (Å²) in [6, 6.07) is 1.72. The van der Waals surface area contributed by atoms with Gasteiger partial charge in [0.25, 0.3) is 0 Å². The maximum absolute atomic E-state index is 11.1. The topological polar surface area (TPSA) is 79.4 Å². The minimum atomic E-state index is -0.295. The summed E-state index contributed by atoms with van der Waals surface area (Å²) in [5.41, 5.74) is 7.80. The fraction of sp³-hybridized carbons (Fsp3) is 0.375. The van der Waals surface area contributed by atoms with Crippen molar-refractivity contribution in [2.24, 2.45) is 0 Å². The molecular formula is C16H18ClN3O3. The third kappa shape index (κ3) is 4.15. The molecule has 2 rings (SSSR count). The lowest BCUT2D eigenvalue weighted by atomic mass is 10.1. The fourth-order valence-electron chi connectivity index (χ4n) is 2.05. The zero-order valence-corrected chi connectivity index (χ0v) is 13.8. The van der Waals surface area contributed by atoms with Gasteiger partial charge in [0.15, 0.2) is 0 Å². The van der Waals surface area contributed by atoms with Crippen LogP contribution in [-0.2, 0) is 20.8 Å². The number of ether oxygens (including phenoxy) is 2. The van der Waals surface area contributed by atoms with Crippen molar-refractivity contribution in [3.8, 4) is 11.8 Å². The van der Waals surface area contributed by atoms with Gasteiger partial charge in [0, 0.05) is 25.1 Å². The van der Waals surface area contributed by atoms with Crippen LogP contribution >= 0.6 is 11.6 Å². The zero-order chi connectivity index (χ0) is 16.8. The number of carbonyl (C=O) groups is 1. The second kappa shape index (κ2) is 7.86. The molecule has 0 amide bonds. The van der Waals surface area contributed by atoms with Crippen molar-refractivity contribution in [1.82, 2.24) is 9.78 Å². The zero-order valence-electron chi connectivity index (χ0n) is 13.1. The van der Waals surface area contributed by atoms with E-state index in [4.69, 9.17) is 22.1 Å². The van der Waals surface area contributed by atoms with Gasteiger partial charge in [-0.05, 0) is 6.07 Å². The minimum absolute atomic E-state index is 0.236. The number of halogens is 1. The van der Waals surface area contributed by atoms with Crippen LogP contribution < -0.4 is 5.73 Å². The van der Waals surface area contributed by atoms with E-state index < -0.39 is 0 Å². The number of hydrogen-bond donors (Lipinski definition) is 1. The third-order valence-electron chi connectivity index (χ3n) is 3.27. The minimum Gasteiger partial charge on any atom is -0.469 e. The van der Waals surface area contributed by atoms with E-state index in [9.17, 15) is 4.79 Å². The Morgan fingerprint density at radius 1 is 1.48 bits per heavy atom. The Hall–Kier alpha value is -2.23. The molecule has 0 spiro atoms. The predicted molar refractivity (Wildman–Crippen MR) is 89.2 cm³/mol. The van der Waals surface area contributed by atoms with Gasteiger partial charge >= 0.3 is 5.97 Å². The van der Waals surface area contributed by atoms with Gasteiger partial charge in [-0.15, -0.1) is 0 Å². The number of fused-ring (bicyclic) bond motifs is 1. The monoisotopic (exact) mass is 335 g/mol. The molecule has 6 nitrogen and oxygen atoms in total. The second-order valence-corrected chi connectivity index (χ2v) is 5.25. The van der Waals surface area contributed by atoms with Crippen LogP contribution in [-0.4, -0.2) is 36.6 Å². The highest BCUT2D eigenvalue weighted by molar-refractivity contribution is 6.34. The van der Waals surface area contributed by atoms with E-state index >= 15 is 0 Å². The number of anilines is 1. The average Bonchev–Trinajstić information content (AvgIpc) is 2.94. The van der Waals surface area contributed by atoms with Crippen molar-refractivity contribution >= 4 is 34.2 Å². The Labute approximate surface area is 139 Å². The summed E-state index contributed by atoms with van der Waals surface area (Å²) in [6.07, 6.45) is 2.49. The Kier molecular flexibility index (Phi) is 5.85. The lowest BCUT2D eigenvalue weighted by Gasteiger charge is -2.02. The first-order chi connectivity index (χ1) is 11.1. The van der Waals surface area contributed by atoms with E-state index in [-0.39, 0.29) is 12.4 Å². The molecule has 0 aliphatic carbocycles. The maximum Gasteiger partial charge on any atom is 0.306 e. The van der Waals surface area contributed by atoms with E-state index in [2.05, 4.69) is 21.7 Å². The van der Waals surface area contributed by atoms with Gasteiger partial charge in [-0.25, -0.2) is 0 Å². The normalized spacial score (nSPS) is 10.4. The highest BCUT2D eigenvalue weighted by Gasteiger charge is 2.11. The summed E-state index contributed by atoms with van der Waals surface area (Å²) in [5, 5.41) is 5.67. The van der Waals surface area contributed by atoms with E-state index in [1.807, 2.05) is 6.20 Å². The second-order valence-electron chi connectivity index (χ2n) is 4.84. The molecule has 122 valence electrons. The van der Waals surface area contributed by atoms with E-state index in [1.165, 1.54) is 7.11 Å². The van der Waals surface area contributed by atoms with Gasteiger partial charge in [0.1, 0.15) is 0 Å². The summed E-state index contributed by atoms with van der Waals surface area (Å²) in [5.74, 6) is 5.63. The van der Waals surface area contributed by atoms with Gasteiger partial charge in [-0.1, -0.05) is 23.4 Å². The standard InChI is InChI=1S/C16H18ClN3O3/c1-22-8-7-20-10-12-11(5-3-4-6-15(21)23-2)16(18)13(17)9-14(12)19-20/h9-10H,4,6-8,18H2,1-2H3. The molecule has 0 radical (unpaired) electrons. The number of carbonyl (C=O) groups excluding carboxylic acids is 1. The number of rotatable bonds is 5. The number of nitrogens with two attached hydrogens (primary N) is 1. The lowest BCUT2D eigenvalue weighted by molar-refractivity contribution is -0.140. The molecule has 2 aromatic rings. The molecule has 2 N–H and O–H groups in total. The summed E-state index contributed by atoms with van der Waals surface area (Å²) >= 11 is 6.15. The van der Waals surface area contributed by atoms with Crippen molar-refractivity contribution in [2.75, 3.05) is 26.6 Å². The van der Waals surface area contributed by atoms with E-state index in [0.29, 0.717) is 35.8 Å². The number of benzene rings is 1. The number of aromatic nitrogens is 2. The van der Waals surface area contributed by atoms with Crippen LogP contribution in [0.3, 0.4) is 0 Å². The largest absolute Gasteiger partial charge is 0.469 e. The quantitative estimate of drug-likeness (QED) is 0.515. The Morgan fingerprint density at radius 2 is 2.26 bits per heavy atom. The Balaban J connectivity index is 2.33. The van der Waals surface area contributed by atoms with Crippen LogP contribution in [0.25, 0.3) is 10.9 Å². The number of methoxy groups -OCH3 is 2. The van der Waals surface area contributed by atoms with Gasteiger partial charge in [0.05, 0.1) is 48.5 Å². The van der Waals surface area contributed by atoms with E-state index in [1.54, 1.807) is 17.9 Å². The number of hydrogen-bond acceptors (Lipinski definition) is 5. The molecule has 0 fully saturated rings. The highest BCUT2D eigenvalue weighted by Crippen LogP contribution is 2.30. The molecule has 1 heterocycles. The lowest BCUT2D eigenvalue weighted by Crippen LogP contribution is -2.03. The van der Waals surface area contributed by atoms with Crippen LogP contribution in [0, 0.1) is 11.8 Å². The van der Waals surface area contributed by atoms with Gasteiger partial charge < -0.3 is 15.2 Å². The van der Waals surface area contributed by atoms with Crippen LogP contribution in [0.4, 0.5) is 5.69 Å². The summed E-state index contributed by atoms with van der Waals surface area (Å²) < 4.78 is 11.4. The van der Waals surface area contributed by atoms with Gasteiger partial charge in [0.2, 0.25) is 0 Å². The smallest absolute Gasteiger partial charge is 0.306 e. The number of esters is 1. The molecule has 0 bridgehead atoms. The molecule has 0 saturated carbocycles. The summed E-state index contributed by atoms with van der Waals surface area (Å²) in [4.78, 5) is 11.1. The molecular weight excluding hydrogens is 318 g/mol. The predicted octanol–water partition coefficient (Wildman–Crippen LogP) is 2.22. The number of nitrogen functional groups attached to an aromatic ring is 1. The Bertz CT molecular complexity index is 774. The molecule has 1 aromatic carbocycles. The molecule has 1 aromatic heterocycles. The van der Waals surface area contributed by atoms with Crippen molar-refractivity contribution in [3.05, 3.63) is 22.8 Å². The van der Waals surface area contributed by atoms with Crippen molar-refractivity contribution in [2.45, 2.75) is 19.4 Å². The molecule has 0 aliphatic heterocycles. The molecule has 0 aliphatic rings. The highest BCUT2D eigenvalue weighted by atomic mass is 35.5. The first kappa shape index (κ1) is 17.1. The number of nitrogens with zero attached hydrogens (tertiary/aromatic N) is 2. The summed E-state index contributed by atoms with van der Waals surface area (Å²) in [6.45, 7) is 1.18. The van der Waals surface area contributed by atoms with Crippen molar-refractivity contribution in [3.63, 3.8) is 0 Å². The van der Waals surface area contributed by atoms with Gasteiger partial charge in [-0.3, -0.25) is 9.48 Å². The van der Waals surface area contributed by atoms with Crippen molar-refractivity contribution < 1.29 is 14.3 Å².